The van der Waals surface area contributed by atoms with Crippen molar-refractivity contribution in [3.8, 4) is 0 Å². The second kappa shape index (κ2) is 6.75. The molecule has 2 aromatic rings. The molecule has 0 heterocycles. The van der Waals surface area contributed by atoms with Crippen LogP contribution in [0.25, 0.3) is 0 Å². The number of carbonyl (C=O) groups is 2. The van der Waals surface area contributed by atoms with Crippen molar-refractivity contribution < 1.29 is 22.8 Å². The minimum Gasteiger partial charge on any atom is -0.343 e. The van der Waals surface area contributed by atoms with Crippen LogP contribution in [0.5, 0.6) is 0 Å². The van der Waals surface area contributed by atoms with Crippen LogP contribution >= 0.6 is 0 Å². The summed E-state index contributed by atoms with van der Waals surface area (Å²) in [5.41, 5.74) is -0.146. The molecule has 0 aliphatic rings. The maximum atomic E-state index is 13.3. The maximum absolute atomic E-state index is 13.3. The van der Waals surface area contributed by atoms with Crippen molar-refractivity contribution in [2.45, 2.75) is 0 Å². The number of hydrogen-bond donors (Lipinski definition) is 2. The third-order valence-electron chi connectivity index (χ3n) is 2.74. The largest absolute Gasteiger partial charge is 0.343 e. The molecule has 114 valence electrons. The highest BCUT2D eigenvalue weighted by Gasteiger charge is 2.12. The molecule has 0 unspecified atom stereocenters. The van der Waals surface area contributed by atoms with E-state index in [0.717, 1.165) is 18.2 Å². The molecule has 22 heavy (non-hydrogen) atoms. The topological polar surface area (TPSA) is 58.2 Å². The van der Waals surface area contributed by atoms with E-state index in [1.165, 1.54) is 18.2 Å². The summed E-state index contributed by atoms with van der Waals surface area (Å²) in [4.78, 5) is 23.3. The van der Waals surface area contributed by atoms with Crippen LogP contribution in [-0.4, -0.2) is 18.4 Å². The molecule has 2 rings (SSSR count). The fourth-order valence-electron chi connectivity index (χ4n) is 1.66. The van der Waals surface area contributed by atoms with Crippen LogP contribution in [0.2, 0.25) is 0 Å². The number of rotatable bonds is 4. The Morgan fingerprint density at radius 3 is 2.32 bits per heavy atom. The summed E-state index contributed by atoms with van der Waals surface area (Å²) < 4.78 is 39.1. The molecule has 0 fully saturated rings. The Kier molecular flexibility index (Phi) is 4.77. The number of para-hydroxylation sites is 1. The quantitative estimate of drug-likeness (QED) is 0.911. The van der Waals surface area contributed by atoms with Gasteiger partial charge < -0.3 is 10.6 Å². The van der Waals surface area contributed by atoms with E-state index in [1.807, 2.05) is 0 Å². The number of amides is 2. The van der Waals surface area contributed by atoms with Gasteiger partial charge in [0.05, 0.1) is 12.2 Å². The Labute approximate surface area is 124 Å². The van der Waals surface area contributed by atoms with Gasteiger partial charge in [-0.1, -0.05) is 12.1 Å². The minimum absolute atomic E-state index is 0.0189. The first kappa shape index (κ1) is 15.6. The van der Waals surface area contributed by atoms with Crippen LogP contribution in [0.3, 0.4) is 0 Å². The van der Waals surface area contributed by atoms with Gasteiger partial charge in [-0.2, -0.15) is 0 Å². The van der Waals surface area contributed by atoms with Crippen LogP contribution in [0, 0.1) is 17.5 Å². The summed E-state index contributed by atoms with van der Waals surface area (Å²) in [6.07, 6.45) is 0. The van der Waals surface area contributed by atoms with Crippen LogP contribution < -0.4 is 10.6 Å². The first-order valence-electron chi connectivity index (χ1n) is 6.25. The molecule has 0 saturated carbocycles. The van der Waals surface area contributed by atoms with E-state index in [9.17, 15) is 22.8 Å². The fourth-order valence-corrected chi connectivity index (χ4v) is 1.66. The number of nitrogens with one attached hydrogen (secondary N) is 2. The van der Waals surface area contributed by atoms with E-state index in [2.05, 4.69) is 10.6 Å². The van der Waals surface area contributed by atoms with E-state index in [4.69, 9.17) is 0 Å². The SMILES string of the molecule is O=C(CNC(=O)c1ccc(F)c(F)c1)Nc1ccccc1F. The predicted octanol–water partition coefficient (Wildman–Crippen LogP) is 2.47. The summed E-state index contributed by atoms with van der Waals surface area (Å²) in [5, 5.41) is 4.50. The number of hydrogen-bond acceptors (Lipinski definition) is 2. The van der Waals surface area contributed by atoms with Gasteiger partial charge in [-0.3, -0.25) is 9.59 Å². The Bertz CT molecular complexity index is 720. The van der Waals surface area contributed by atoms with Crippen molar-refractivity contribution in [1.82, 2.24) is 5.32 Å². The molecule has 7 heteroatoms. The van der Waals surface area contributed by atoms with Crippen LogP contribution in [0.15, 0.2) is 42.5 Å². The molecule has 0 atom stereocenters. The molecule has 0 spiro atoms. The van der Waals surface area contributed by atoms with E-state index in [1.54, 1.807) is 6.07 Å². The van der Waals surface area contributed by atoms with Crippen molar-refractivity contribution in [1.29, 1.82) is 0 Å². The highest BCUT2D eigenvalue weighted by Crippen LogP contribution is 2.12. The highest BCUT2D eigenvalue weighted by atomic mass is 19.2. The van der Waals surface area contributed by atoms with Crippen molar-refractivity contribution in [2.24, 2.45) is 0 Å². The normalized spacial score (nSPS) is 10.1. The lowest BCUT2D eigenvalue weighted by atomic mass is 10.2. The summed E-state index contributed by atoms with van der Waals surface area (Å²) in [6, 6.07) is 8.17. The Morgan fingerprint density at radius 1 is 0.909 bits per heavy atom. The maximum Gasteiger partial charge on any atom is 0.251 e. The fraction of sp³-hybridized carbons (Fsp3) is 0.0667. The lowest BCUT2D eigenvalue weighted by Gasteiger charge is -2.08. The lowest BCUT2D eigenvalue weighted by molar-refractivity contribution is -0.115. The molecule has 0 aliphatic carbocycles. The van der Waals surface area contributed by atoms with Crippen LogP contribution in [0.1, 0.15) is 10.4 Å². The second-order valence-electron chi connectivity index (χ2n) is 4.34. The van der Waals surface area contributed by atoms with Crippen LogP contribution in [-0.2, 0) is 4.79 Å². The molecule has 0 radical (unpaired) electrons. The minimum atomic E-state index is -1.16. The third kappa shape index (κ3) is 3.85. The number of anilines is 1. The van der Waals surface area contributed by atoms with Gasteiger partial charge in [0.2, 0.25) is 5.91 Å². The third-order valence-corrected chi connectivity index (χ3v) is 2.74. The summed E-state index contributed by atoms with van der Waals surface area (Å²) in [5.74, 6) is -4.25. The number of carbonyl (C=O) groups excluding carboxylic acids is 2. The molecule has 2 N–H and O–H groups in total. The molecule has 0 saturated heterocycles. The van der Waals surface area contributed by atoms with Crippen molar-refractivity contribution in [3.63, 3.8) is 0 Å². The van der Waals surface area contributed by atoms with Gasteiger partial charge in [-0.05, 0) is 30.3 Å². The average molecular weight is 308 g/mol. The Morgan fingerprint density at radius 2 is 1.64 bits per heavy atom. The monoisotopic (exact) mass is 308 g/mol. The summed E-state index contributed by atoms with van der Waals surface area (Å²) in [6.45, 7) is -0.438. The molecule has 0 bridgehead atoms. The summed E-state index contributed by atoms with van der Waals surface area (Å²) >= 11 is 0. The molecule has 2 aromatic carbocycles. The van der Waals surface area contributed by atoms with E-state index >= 15 is 0 Å². The van der Waals surface area contributed by atoms with Gasteiger partial charge in [0.1, 0.15) is 5.82 Å². The predicted molar refractivity (Wildman–Crippen MR) is 73.7 cm³/mol. The Hall–Kier alpha value is -2.83. The highest BCUT2D eigenvalue weighted by molar-refractivity contribution is 5.99. The van der Waals surface area contributed by atoms with E-state index < -0.39 is 35.8 Å². The summed E-state index contributed by atoms with van der Waals surface area (Å²) in [7, 11) is 0. The molecule has 0 aromatic heterocycles. The van der Waals surface area contributed by atoms with Crippen LogP contribution in [0.4, 0.5) is 18.9 Å². The van der Waals surface area contributed by atoms with Gasteiger partial charge in [-0.15, -0.1) is 0 Å². The van der Waals surface area contributed by atoms with E-state index in [0.29, 0.717) is 0 Å². The second-order valence-corrected chi connectivity index (χ2v) is 4.34. The molecular formula is C15H11F3N2O2. The van der Waals surface area contributed by atoms with Gasteiger partial charge in [-0.25, -0.2) is 13.2 Å². The van der Waals surface area contributed by atoms with Gasteiger partial charge in [0, 0.05) is 5.56 Å². The molecule has 4 nitrogen and oxygen atoms in total. The van der Waals surface area contributed by atoms with Crippen molar-refractivity contribution in [2.75, 3.05) is 11.9 Å². The van der Waals surface area contributed by atoms with Gasteiger partial charge in [0.15, 0.2) is 11.6 Å². The molecule has 0 aliphatic heterocycles. The zero-order chi connectivity index (χ0) is 16.1. The van der Waals surface area contributed by atoms with Gasteiger partial charge >= 0.3 is 0 Å². The lowest BCUT2D eigenvalue weighted by Crippen LogP contribution is -2.33. The van der Waals surface area contributed by atoms with Crippen molar-refractivity contribution in [3.05, 3.63) is 65.5 Å². The molecule has 2 amide bonds. The number of halogens is 3. The smallest absolute Gasteiger partial charge is 0.251 e. The average Bonchev–Trinajstić information content (AvgIpc) is 2.50. The van der Waals surface area contributed by atoms with E-state index in [-0.39, 0.29) is 11.3 Å². The number of benzene rings is 2. The molecular weight excluding hydrogens is 297 g/mol. The zero-order valence-corrected chi connectivity index (χ0v) is 11.2. The standard InChI is InChI=1S/C15H11F3N2O2/c16-10-6-5-9(7-12(10)18)15(22)19-8-14(21)20-13-4-2-1-3-11(13)17/h1-7H,8H2,(H,19,22)(H,20,21). The zero-order valence-electron chi connectivity index (χ0n) is 11.2. The first-order valence-corrected chi connectivity index (χ1v) is 6.25. The Balaban J connectivity index is 1.92. The van der Waals surface area contributed by atoms with Crippen molar-refractivity contribution >= 4 is 17.5 Å². The first-order chi connectivity index (χ1) is 10.5. The van der Waals surface area contributed by atoms with Gasteiger partial charge in [0.25, 0.3) is 5.91 Å².